The van der Waals surface area contributed by atoms with Gasteiger partial charge in [0.2, 0.25) is 0 Å². The molecule has 0 bridgehead atoms. The number of amides is 1. The largest absolute Gasteiger partial charge is 0.481 e. The fourth-order valence-electron chi connectivity index (χ4n) is 2.65. The van der Waals surface area contributed by atoms with Crippen LogP contribution in [0.3, 0.4) is 0 Å². The van der Waals surface area contributed by atoms with Crippen molar-refractivity contribution < 1.29 is 19.1 Å². The maximum absolute atomic E-state index is 13.8. The Kier molecular flexibility index (Phi) is 4.83. The third-order valence-corrected chi connectivity index (χ3v) is 3.79. The first-order chi connectivity index (χ1) is 10.8. The molecule has 0 fully saturated rings. The van der Waals surface area contributed by atoms with Crippen LogP contribution in [-0.2, 0) is 17.8 Å². The molecule has 2 N–H and O–H groups in total. The Bertz CT molecular complexity index is 765. The lowest BCUT2D eigenvalue weighted by molar-refractivity contribution is -0.136. The number of nitrogens with zero attached hydrogens (tertiary/aromatic N) is 1. The minimum atomic E-state index is -1.10. The van der Waals surface area contributed by atoms with E-state index in [4.69, 9.17) is 5.11 Å². The molecule has 0 spiro atoms. The Hall–Kier alpha value is -2.63. The van der Waals surface area contributed by atoms with Crippen LogP contribution in [0.4, 0.5) is 10.1 Å². The van der Waals surface area contributed by atoms with Gasteiger partial charge < -0.3 is 15.0 Å². The van der Waals surface area contributed by atoms with E-state index < -0.39 is 18.2 Å². The first-order valence-corrected chi connectivity index (χ1v) is 7.31. The molecular weight excluding hydrogens is 299 g/mol. The number of aromatic nitrogens is 1. The van der Waals surface area contributed by atoms with E-state index in [1.165, 1.54) is 12.1 Å². The van der Waals surface area contributed by atoms with E-state index in [1.807, 2.05) is 25.3 Å². The second-order valence-corrected chi connectivity index (χ2v) is 5.36. The number of carbonyl (C=O) groups excluding carboxylic acids is 1. The van der Waals surface area contributed by atoms with Crippen molar-refractivity contribution in [3.63, 3.8) is 0 Å². The third-order valence-electron chi connectivity index (χ3n) is 3.79. The minimum absolute atomic E-state index is 0.0830. The number of anilines is 1. The van der Waals surface area contributed by atoms with Crippen LogP contribution < -0.4 is 5.32 Å². The van der Waals surface area contributed by atoms with Crippen molar-refractivity contribution in [2.45, 2.75) is 33.7 Å². The Balaban J connectivity index is 2.21. The maximum atomic E-state index is 13.8. The van der Waals surface area contributed by atoms with Gasteiger partial charge in [0.25, 0.3) is 5.91 Å². The van der Waals surface area contributed by atoms with Crippen LogP contribution in [0.25, 0.3) is 0 Å². The van der Waals surface area contributed by atoms with Gasteiger partial charge in [0, 0.05) is 23.6 Å². The summed E-state index contributed by atoms with van der Waals surface area (Å²) in [7, 11) is 0. The van der Waals surface area contributed by atoms with E-state index >= 15 is 0 Å². The fourth-order valence-corrected chi connectivity index (χ4v) is 2.65. The van der Waals surface area contributed by atoms with Gasteiger partial charge in [-0.05, 0) is 44.5 Å². The summed E-state index contributed by atoms with van der Waals surface area (Å²) in [6.07, 6.45) is -0.391. The van der Waals surface area contributed by atoms with Crippen molar-refractivity contribution in [2.24, 2.45) is 0 Å². The zero-order chi connectivity index (χ0) is 17.1. The van der Waals surface area contributed by atoms with E-state index in [2.05, 4.69) is 5.32 Å². The molecule has 1 amide bonds. The summed E-state index contributed by atoms with van der Waals surface area (Å²) in [5, 5.41) is 11.3. The molecule has 0 aliphatic carbocycles. The Morgan fingerprint density at radius 2 is 1.96 bits per heavy atom. The molecule has 0 radical (unpaired) electrons. The Morgan fingerprint density at radius 3 is 2.48 bits per heavy atom. The molecule has 0 aliphatic heterocycles. The molecule has 0 atom stereocenters. The number of benzene rings is 1. The number of hydrogen-bond acceptors (Lipinski definition) is 2. The van der Waals surface area contributed by atoms with Gasteiger partial charge in [0.05, 0.1) is 12.0 Å². The van der Waals surface area contributed by atoms with Gasteiger partial charge >= 0.3 is 5.97 Å². The van der Waals surface area contributed by atoms with E-state index in [1.54, 1.807) is 6.07 Å². The van der Waals surface area contributed by atoms with Crippen molar-refractivity contribution >= 4 is 17.6 Å². The van der Waals surface area contributed by atoms with Crippen LogP contribution >= 0.6 is 0 Å². The normalized spacial score (nSPS) is 10.6. The van der Waals surface area contributed by atoms with Gasteiger partial charge in [-0.15, -0.1) is 0 Å². The molecule has 1 aromatic carbocycles. The second-order valence-electron chi connectivity index (χ2n) is 5.36. The van der Waals surface area contributed by atoms with E-state index in [-0.39, 0.29) is 11.5 Å². The fraction of sp³-hybridized carbons (Fsp3) is 0.294. The summed E-state index contributed by atoms with van der Waals surface area (Å²) < 4.78 is 15.9. The highest BCUT2D eigenvalue weighted by Crippen LogP contribution is 2.19. The lowest BCUT2D eigenvalue weighted by atomic mass is 10.1. The average molecular weight is 318 g/mol. The predicted molar refractivity (Wildman–Crippen MR) is 85.3 cm³/mol. The molecule has 2 rings (SSSR count). The van der Waals surface area contributed by atoms with Crippen molar-refractivity contribution in [3.05, 3.63) is 52.6 Å². The van der Waals surface area contributed by atoms with Gasteiger partial charge in [-0.3, -0.25) is 9.59 Å². The standard InChI is InChI=1S/C17H19FN2O3/c1-4-20-10(2)7-14(11(20)3)17(23)19-13-6-5-12(8-16(21)22)15(18)9-13/h5-7,9H,4,8H2,1-3H3,(H,19,23)(H,21,22). The second kappa shape index (κ2) is 6.64. The molecule has 5 nitrogen and oxygen atoms in total. The highest BCUT2D eigenvalue weighted by atomic mass is 19.1. The number of carboxylic acids is 1. The number of aryl methyl sites for hydroxylation is 1. The summed E-state index contributed by atoms with van der Waals surface area (Å²) in [5.41, 5.74) is 2.76. The lowest BCUT2D eigenvalue weighted by Gasteiger charge is -2.08. The molecule has 0 saturated heterocycles. The highest BCUT2D eigenvalue weighted by Gasteiger charge is 2.16. The molecule has 122 valence electrons. The number of rotatable bonds is 5. The number of carbonyl (C=O) groups is 2. The maximum Gasteiger partial charge on any atom is 0.307 e. The lowest BCUT2D eigenvalue weighted by Crippen LogP contribution is -2.13. The number of nitrogens with one attached hydrogen (secondary N) is 1. The number of hydrogen-bond donors (Lipinski definition) is 2. The molecule has 1 heterocycles. The summed E-state index contributed by atoms with van der Waals surface area (Å²) in [6, 6.07) is 5.80. The predicted octanol–water partition coefficient (Wildman–Crippen LogP) is 3.14. The summed E-state index contributed by atoms with van der Waals surface area (Å²) in [4.78, 5) is 23.0. The Labute approximate surface area is 133 Å². The zero-order valence-corrected chi connectivity index (χ0v) is 13.3. The molecular formula is C17H19FN2O3. The SMILES string of the molecule is CCn1c(C)cc(C(=O)Nc2ccc(CC(=O)O)c(F)c2)c1C. The van der Waals surface area contributed by atoms with Gasteiger partial charge in [0.15, 0.2) is 0 Å². The molecule has 2 aromatic rings. The van der Waals surface area contributed by atoms with E-state index in [9.17, 15) is 14.0 Å². The molecule has 0 unspecified atom stereocenters. The number of halogens is 1. The van der Waals surface area contributed by atoms with Crippen molar-refractivity contribution in [1.82, 2.24) is 4.57 Å². The average Bonchev–Trinajstić information content (AvgIpc) is 2.76. The topological polar surface area (TPSA) is 71.3 Å². The summed E-state index contributed by atoms with van der Waals surface area (Å²) in [6.45, 7) is 6.55. The molecule has 23 heavy (non-hydrogen) atoms. The summed E-state index contributed by atoms with van der Waals surface area (Å²) >= 11 is 0. The van der Waals surface area contributed by atoms with Gasteiger partial charge in [0.1, 0.15) is 5.82 Å². The molecule has 6 heteroatoms. The number of aliphatic carboxylic acids is 1. The van der Waals surface area contributed by atoms with Gasteiger partial charge in [-0.2, -0.15) is 0 Å². The smallest absolute Gasteiger partial charge is 0.307 e. The van der Waals surface area contributed by atoms with Crippen molar-refractivity contribution in [2.75, 3.05) is 5.32 Å². The minimum Gasteiger partial charge on any atom is -0.481 e. The van der Waals surface area contributed by atoms with Crippen molar-refractivity contribution in [3.8, 4) is 0 Å². The quantitative estimate of drug-likeness (QED) is 0.889. The first-order valence-electron chi connectivity index (χ1n) is 7.31. The highest BCUT2D eigenvalue weighted by molar-refractivity contribution is 6.05. The van der Waals surface area contributed by atoms with Crippen LogP contribution in [-0.4, -0.2) is 21.6 Å². The van der Waals surface area contributed by atoms with Gasteiger partial charge in [-0.25, -0.2) is 4.39 Å². The van der Waals surface area contributed by atoms with Crippen molar-refractivity contribution in [1.29, 1.82) is 0 Å². The van der Waals surface area contributed by atoms with Crippen LogP contribution in [0.5, 0.6) is 0 Å². The van der Waals surface area contributed by atoms with Gasteiger partial charge in [-0.1, -0.05) is 6.07 Å². The van der Waals surface area contributed by atoms with E-state index in [0.717, 1.165) is 24.0 Å². The van der Waals surface area contributed by atoms with Crippen LogP contribution in [0.1, 0.15) is 34.2 Å². The van der Waals surface area contributed by atoms with Crippen LogP contribution in [0.15, 0.2) is 24.3 Å². The molecule has 1 aromatic heterocycles. The number of carboxylic acid groups (broad SMARTS) is 1. The molecule has 0 aliphatic rings. The summed E-state index contributed by atoms with van der Waals surface area (Å²) in [5.74, 6) is -2.07. The Morgan fingerprint density at radius 1 is 1.26 bits per heavy atom. The van der Waals surface area contributed by atoms with E-state index in [0.29, 0.717) is 11.3 Å². The molecule has 0 saturated carbocycles. The van der Waals surface area contributed by atoms with Crippen LogP contribution in [0, 0.1) is 19.7 Å². The zero-order valence-electron chi connectivity index (χ0n) is 13.3. The third kappa shape index (κ3) is 3.59. The first kappa shape index (κ1) is 16.7. The monoisotopic (exact) mass is 318 g/mol. The van der Waals surface area contributed by atoms with Crippen LogP contribution in [0.2, 0.25) is 0 Å².